The second kappa shape index (κ2) is 5.59. The van der Waals surface area contributed by atoms with Gasteiger partial charge in [-0.2, -0.15) is 0 Å². The number of ether oxygens (including phenoxy) is 1. The Morgan fingerprint density at radius 2 is 2.00 bits per heavy atom. The molecule has 2 atom stereocenters. The highest BCUT2D eigenvalue weighted by Gasteiger charge is 2.34. The summed E-state index contributed by atoms with van der Waals surface area (Å²) in [5.74, 6) is 0.502. The molecule has 0 aliphatic heterocycles. The van der Waals surface area contributed by atoms with Crippen LogP contribution in [0.15, 0.2) is 24.3 Å². The fourth-order valence-corrected chi connectivity index (χ4v) is 3.61. The zero-order chi connectivity index (χ0) is 15.9. The van der Waals surface area contributed by atoms with Crippen LogP contribution in [0.25, 0.3) is 10.9 Å². The number of nitrogens with zero attached hydrogens (tertiary/aromatic N) is 1. The molecule has 1 heterocycles. The number of aromatic nitrogens is 1. The number of Topliss-reactive ketones (excluding diaryl/α,β-unsaturated/α-hetero) is 1. The van der Waals surface area contributed by atoms with Crippen LogP contribution in [0, 0.1) is 11.8 Å². The van der Waals surface area contributed by atoms with Crippen LogP contribution in [0.1, 0.15) is 32.0 Å². The molecule has 116 valence electrons. The van der Waals surface area contributed by atoms with E-state index in [1.807, 2.05) is 31.2 Å². The van der Waals surface area contributed by atoms with Crippen LogP contribution in [0.3, 0.4) is 0 Å². The molecule has 1 aliphatic carbocycles. The number of carbonyl (C=O) groups is 2. The van der Waals surface area contributed by atoms with Gasteiger partial charge in [-0.3, -0.25) is 4.79 Å². The summed E-state index contributed by atoms with van der Waals surface area (Å²) in [6.07, 6.45) is 1.11. The SMILES string of the molecule is CCOC(=O)n1c2c(c3ccccc31)C[C@@H](C(C)=O)[C@H](C)C2. The number of benzene rings is 1. The molecular formula is C18H21NO3. The molecule has 22 heavy (non-hydrogen) atoms. The molecule has 0 saturated carbocycles. The normalized spacial score (nSPS) is 20.7. The first-order valence-electron chi connectivity index (χ1n) is 7.83. The summed E-state index contributed by atoms with van der Waals surface area (Å²) in [4.78, 5) is 24.3. The van der Waals surface area contributed by atoms with Gasteiger partial charge in [0, 0.05) is 17.0 Å². The van der Waals surface area contributed by atoms with Gasteiger partial charge in [0.15, 0.2) is 0 Å². The van der Waals surface area contributed by atoms with Gasteiger partial charge >= 0.3 is 6.09 Å². The van der Waals surface area contributed by atoms with Crippen molar-refractivity contribution in [3.05, 3.63) is 35.5 Å². The lowest BCUT2D eigenvalue weighted by molar-refractivity contribution is -0.122. The molecule has 0 N–H and O–H groups in total. The van der Waals surface area contributed by atoms with E-state index in [4.69, 9.17) is 4.74 Å². The van der Waals surface area contributed by atoms with Crippen LogP contribution in [0.4, 0.5) is 4.79 Å². The van der Waals surface area contributed by atoms with Crippen molar-refractivity contribution in [1.29, 1.82) is 0 Å². The maximum Gasteiger partial charge on any atom is 0.418 e. The fraction of sp³-hybridized carbons (Fsp3) is 0.444. The molecule has 1 aliphatic rings. The van der Waals surface area contributed by atoms with Crippen LogP contribution in [-0.2, 0) is 22.4 Å². The second-order valence-corrected chi connectivity index (χ2v) is 6.08. The Kier molecular flexibility index (Phi) is 3.77. The van der Waals surface area contributed by atoms with Gasteiger partial charge in [-0.1, -0.05) is 25.1 Å². The quantitative estimate of drug-likeness (QED) is 0.851. The molecule has 0 radical (unpaired) electrons. The smallest absolute Gasteiger partial charge is 0.418 e. The van der Waals surface area contributed by atoms with Gasteiger partial charge in [0.25, 0.3) is 0 Å². The third-order valence-electron chi connectivity index (χ3n) is 4.69. The molecule has 4 nitrogen and oxygen atoms in total. The molecule has 0 spiro atoms. The van der Waals surface area contributed by atoms with Crippen LogP contribution < -0.4 is 0 Å². The number of fused-ring (bicyclic) bond motifs is 3. The number of rotatable bonds is 2. The highest BCUT2D eigenvalue weighted by molar-refractivity contribution is 5.94. The van der Waals surface area contributed by atoms with E-state index in [-0.39, 0.29) is 23.7 Å². The van der Waals surface area contributed by atoms with E-state index in [9.17, 15) is 9.59 Å². The van der Waals surface area contributed by atoms with E-state index in [2.05, 4.69) is 6.92 Å². The Hall–Kier alpha value is -2.10. The van der Waals surface area contributed by atoms with Crippen LogP contribution >= 0.6 is 0 Å². The largest absolute Gasteiger partial charge is 0.449 e. The second-order valence-electron chi connectivity index (χ2n) is 6.08. The van der Waals surface area contributed by atoms with E-state index in [0.29, 0.717) is 13.0 Å². The Balaban J connectivity index is 2.20. The Bertz CT molecular complexity index is 744. The zero-order valence-corrected chi connectivity index (χ0v) is 13.3. The predicted octanol–water partition coefficient (Wildman–Crippen LogP) is 3.59. The van der Waals surface area contributed by atoms with Gasteiger partial charge in [-0.15, -0.1) is 0 Å². The highest BCUT2D eigenvalue weighted by atomic mass is 16.5. The van der Waals surface area contributed by atoms with Crippen molar-refractivity contribution >= 4 is 22.8 Å². The minimum atomic E-state index is -0.326. The third kappa shape index (κ3) is 2.23. The Morgan fingerprint density at radius 3 is 2.68 bits per heavy atom. The summed E-state index contributed by atoms with van der Waals surface area (Å²) in [5, 5.41) is 1.06. The monoisotopic (exact) mass is 299 g/mol. The van der Waals surface area contributed by atoms with E-state index in [0.717, 1.165) is 28.6 Å². The van der Waals surface area contributed by atoms with Crippen molar-refractivity contribution in [3.8, 4) is 0 Å². The number of carbonyl (C=O) groups excluding carboxylic acids is 2. The first-order valence-corrected chi connectivity index (χ1v) is 7.83. The lowest BCUT2D eigenvalue weighted by atomic mass is 9.77. The molecule has 1 aromatic carbocycles. The minimum Gasteiger partial charge on any atom is -0.449 e. The average Bonchev–Trinajstić information content (AvgIpc) is 2.79. The number of para-hydroxylation sites is 1. The van der Waals surface area contributed by atoms with Crippen LogP contribution in [0.2, 0.25) is 0 Å². The van der Waals surface area contributed by atoms with Gasteiger partial charge in [0.1, 0.15) is 5.78 Å². The molecule has 4 heteroatoms. The van der Waals surface area contributed by atoms with Crippen LogP contribution in [-0.4, -0.2) is 23.1 Å². The summed E-state index contributed by atoms with van der Waals surface area (Å²) in [6, 6.07) is 7.86. The number of hydrogen-bond donors (Lipinski definition) is 0. The molecule has 2 aromatic rings. The fourth-order valence-electron chi connectivity index (χ4n) is 3.61. The average molecular weight is 299 g/mol. The minimum absolute atomic E-state index is 0.0361. The number of hydrogen-bond acceptors (Lipinski definition) is 3. The molecule has 0 fully saturated rings. The molecule has 1 aromatic heterocycles. The first kappa shape index (κ1) is 14.8. The van der Waals surface area contributed by atoms with Crippen molar-refractivity contribution in [1.82, 2.24) is 4.57 Å². The van der Waals surface area contributed by atoms with E-state index >= 15 is 0 Å². The van der Waals surface area contributed by atoms with Gasteiger partial charge in [-0.05, 0) is 44.2 Å². The van der Waals surface area contributed by atoms with Gasteiger partial charge in [0.05, 0.1) is 12.1 Å². The summed E-state index contributed by atoms with van der Waals surface area (Å²) in [7, 11) is 0. The first-order chi connectivity index (χ1) is 10.5. The lowest BCUT2D eigenvalue weighted by Crippen LogP contribution is -2.30. The van der Waals surface area contributed by atoms with Crippen molar-refractivity contribution in [2.45, 2.75) is 33.6 Å². The summed E-state index contributed by atoms with van der Waals surface area (Å²) >= 11 is 0. The topological polar surface area (TPSA) is 48.3 Å². The van der Waals surface area contributed by atoms with Crippen LogP contribution in [0.5, 0.6) is 0 Å². The van der Waals surface area contributed by atoms with E-state index < -0.39 is 0 Å². The highest BCUT2D eigenvalue weighted by Crippen LogP contribution is 2.37. The maximum absolute atomic E-state index is 12.4. The summed E-state index contributed by atoms with van der Waals surface area (Å²) < 4.78 is 6.92. The standard InChI is InChI=1S/C18H21NO3/c1-4-22-18(21)19-16-8-6-5-7-13(16)15-10-14(12(3)20)11(2)9-17(15)19/h5-8,11,14H,4,9-10H2,1-3H3/t11-,14-/m1/s1. The molecule has 0 unspecified atom stereocenters. The summed E-state index contributed by atoms with van der Waals surface area (Å²) in [6.45, 7) is 5.91. The molecular weight excluding hydrogens is 278 g/mol. The molecule has 0 bridgehead atoms. The predicted molar refractivity (Wildman–Crippen MR) is 85.1 cm³/mol. The van der Waals surface area contributed by atoms with E-state index in [1.165, 1.54) is 0 Å². The van der Waals surface area contributed by atoms with Gasteiger partial charge in [-0.25, -0.2) is 9.36 Å². The van der Waals surface area contributed by atoms with Crippen molar-refractivity contribution in [2.75, 3.05) is 6.61 Å². The zero-order valence-electron chi connectivity index (χ0n) is 13.3. The molecule has 0 saturated heterocycles. The molecule has 0 amide bonds. The number of ketones is 1. The summed E-state index contributed by atoms with van der Waals surface area (Å²) in [5.41, 5.74) is 3.01. The maximum atomic E-state index is 12.4. The lowest BCUT2D eigenvalue weighted by Gasteiger charge is -2.28. The van der Waals surface area contributed by atoms with Crippen molar-refractivity contribution in [2.24, 2.45) is 11.8 Å². The third-order valence-corrected chi connectivity index (χ3v) is 4.69. The van der Waals surface area contributed by atoms with Gasteiger partial charge in [0.2, 0.25) is 0 Å². The Labute approximate surface area is 130 Å². The van der Waals surface area contributed by atoms with Gasteiger partial charge < -0.3 is 4.74 Å². The van der Waals surface area contributed by atoms with Crippen molar-refractivity contribution in [3.63, 3.8) is 0 Å². The Morgan fingerprint density at radius 1 is 1.27 bits per heavy atom. The van der Waals surface area contributed by atoms with Crippen molar-refractivity contribution < 1.29 is 14.3 Å². The van der Waals surface area contributed by atoms with E-state index in [1.54, 1.807) is 11.5 Å². The molecule has 3 rings (SSSR count).